The molecule has 1 saturated heterocycles. The Balaban J connectivity index is 1.90. The predicted octanol–water partition coefficient (Wildman–Crippen LogP) is 1.94. The molecule has 1 amide bonds. The Morgan fingerprint density at radius 2 is 1.73 bits per heavy atom. The summed E-state index contributed by atoms with van der Waals surface area (Å²) in [6.07, 6.45) is 0. The van der Waals surface area contributed by atoms with E-state index in [4.69, 9.17) is 0 Å². The van der Waals surface area contributed by atoms with Gasteiger partial charge in [0.25, 0.3) is 10.0 Å². The van der Waals surface area contributed by atoms with E-state index in [-0.39, 0.29) is 22.0 Å². The number of hydrogen-bond acceptors (Lipinski definition) is 5. The number of halogens is 1. The van der Waals surface area contributed by atoms with E-state index in [1.807, 2.05) is 0 Å². The van der Waals surface area contributed by atoms with Crippen LogP contribution in [0.25, 0.3) is 0 Å². The number of amides is 1. The summed E-state index contributed by atoms with van der Waals surface area (Å²) in [7, 11) is -7.84. The summed E-state index contributed by atoms with van der Waals surface area (Å²) in [5.74, 6) is -2.24. The van der Waals surface area contributed by atoms with E-state index in [1.54, 1.807) is 0 Å². The third kappa shape index (κ3) is 3.29. The molecular weight excluding hydrogens is 383 g/mol. The van der Waals surface area contributed by atoms with Crippen LogP contribution in [-0.4, -0.2) is 28.5 Å². The van der Waals surface area contributed by atoms with Gasteiger partial charge < -0.3 is 0 Å². The molecule has 1 N–H and O–H groups in total. The van der Waals surface area contributed by atoms with Gasteiger partial charge in [0.15, 0.2) is 0 Å². The van der Waals surface area contributed by atoms with Crippen LogP contribution in [0.4, 0.5) is 15.8 Å². The Bertz CT molecular complexity index is 1070. The quantitative estimate of drug-likeness (QED) is 0.848. The Morgan fingerprint density at radius 1 is 1.12 bits per heavy atom. The second kappa shape index (κ2) is 6.36. The van der Waals surface area contributed by atoms with Crippen LogP contribution < -0.4 is 9.03 Å². The van der Waals surface area contributed by atoms with E-state index in [9.17, 15) is 26.0 Å². The van der Waals surface area contributed by atoms with Crippen molar-refractivity contribution in [2.75, 3.05) is 14.8 Å². The Labute approximate surface area is 150 Å². The van der Waals surface area contributed by atoms with E-state index in [1.165, 1.54) is 37.3 Å². The first-order valence-electron chi connectivity index (χ1n) is 7.56. The maximum atomic E-state index is 13.6. The van der Waals surface area contributed by atoms with E-state index >= 15 is 0 Å². The number of carbonyl (C=O) groups excluding carboxylic acids is 1. The monoisotopic (exact) mass is 398 g/mol. The van der Waals surface area contributed by atoms with Crippen molar-refractivity contribution >= 4 is 37.3 Å². The minimum atomic E-state index is -4.07. The lowest BCUT2D eigenvalue weighted by Gasteiger charge is -2.16. The number of para-hydroxylation sites is 1. The number of nitrogens with zero attached hydrogens (tertiary/aromatic N) is 1. The van der Waals surface area contributed by atoms with Crippen LogP contribution in [0, 0.1) is 11.7 Å². The number of sulfonamides is 2. The minimum Gasteiger partial charge on any atom is -0.277 e. The fourth-order valence-corrected chi connectivity index (χ4v) is 5.48. The Kier molecular flexibility index (Phi) is 4.49. The molecule has 0 radical (unpaired) electrons. The summed E-state index contributed by atoms with van der Waals surface area (Å²) in [5, 5.41) is 0. The van der Waals surface area contributed by atoms with Gasteiger partial charge in [0, 0.05) is 0 Å². The minimum absolute atomic E-state index is 0.0594. The lowest BCUT2D eigenvalue weighted by molar-refractivity contribution is -0.119. The molecule has 1 aliphatic heterocycles. The van der Waals surface area contributed by atoms with Crippen molar-refractivity contribution in [2.45, 2.75) is 11.8 Å². The van der Waals surface area contributed by atoms with Crippen molar-refractivity contribution in [1.29, 1.82) is 0 Å². The molecular formula is C16H15FN2O5S2. The van der Waals surface area contributed by atoms with Gasteiger partial charge >= 0.3 is 0 Å². The van der Waals surface area contributed by atoms with E-state index < -0.39 is 37.7 Å². The second-order valence-electron chi connectivity index (χ2n) is 5.86. The first kappa shape index (κ1) is 18.3. The van der Waals surface area contributed by atoms with E-state index in [2.05, 4.69) is 4.72 Å². The average molecular weight is 398 g/mol. The molecule has 26 heavy (non-hydrogen) atoms. The Hall–Kier alpha value is -2.46. The highest BCUT2D eigenvalue weighted by Crippen LogP contribution is 2.29. The maximum absolute atomic E-state index is 13.6. The summed E-state index contributed by atoms with van der Waals surface area (Å²) >= 11 is 0. The van der Waals surface area contributed by atoms with E-state index in [0.717, 1.165) is 18.2 Å². The summed E-state index contributed by atoms with van der Waals surface area (Å²) in [6.45, 7) is 1.51. The van der Waals surface area contributed by atoms with E-state index in [0.29, 0.717) is 4.31 Å². The molecule has 2 aromatic carbocycles. The van der Waals surface area contributed by atoms with Crippen molar-refractivity contribution in [3.8, 4) is 0 Å². The average Bonchev–Trinajstić information content (AvgIpc) is 2.77. The predicted molar refractivity (Wildman–Crippen MR) is 94.1 cm³/mol. The van der Waals surface area contributed by atoms with Gasteiger partial charge in [0.1, 0.15) is 5.82 Å². The molecule has 0 aromatic heterocycles. The highest BCUT2D eigenvalue weighted by Gasteiger charge is 2.41. The highest BCUT2D eigenvalue weighted by molar-refractivity contribution is 7.94. The van der Waals surface area contributed by atoms with Crippen LogP contribution in [0.5, 0.6) is 0 Å². The number of anilines is 2. The smallest absolute Gasteiger partial charge is 0.261 e. The molecule has 3 rings (SSSR count). The molecule has 10 heteroatoms. The highest BCUT2D eigenvalue weighted by atomic mass is 32.2. The third-order valence-electron chi connectivity index (χ3n) is 3.86. The van der Waals surface area contributed by atoms with Crippen LogP contribution in [0.3, 0.4) is 0 Å². The first-order chi connectivity index (χ1) is 12.1. The third-order valence-corrected chi connectivity index (χ3v) is 7.11. The van der Waals surface area contributed by atoms with Crippen molar-refractivity contribution in [3.63, 3.8) is 0 Å². The zero-order chi connectivity index (χ0) is 19.1. The van der Waals surface area contributed by atoms with Crippen LogP contribution in [-0.2, 0) is 24.8 Å². The first-order valence-corrected chi connectivity index (χ1v) is 10.7. The molecule has 1 atom stereocenters. The number of benzene rings is 2. The normalized spacial score (nSPS) is 19.5. The summed E-state index contributed by atoms with van der Waals surface area (Å²) in [5.41, 5.74) is -0.146. The molecule has 0 aliphatic carbocycles. The van der Waals surface area contributed by atoms with Crippen molar-refractivity contribution in [2.24, 2.45) is 5.92 Å². The number of hydrogen-bond donors (Lipinski definition) is 1. The van der Waals surface area contributed by atoms with Crippen LogP contribution in [0.15, 0.2) is 53.4 Å². The molecule has 1 heterocycles. The summed E-state index contributed by atoms with van der Waals surface area (Å²) in [4.78, 5) is 11.9. The molecule has 2 aromatic rings. The van der Waals surface area contributed by atoms with Gasteiger partial charge in [0.05, 0.1) is 27.9 Å². The number of nitrogens with one attached hydrogen (secondary N) is 1. The molecule has 0 unspecified atom stereocenters. The fraction of sp³-hybridized carbons (Fsp3) is 0.188. The summed E-state index contributed by atoms with van der Waals surface area (Å²) < 4.78 is 65.3. The fourth-order valence-electron chi connectivity index (χ4n) is 2.60. The SMILES string of the molecule is C[C@H]1CS(=O)(=O)N(c2ccc(S(=O)(=O)Nc3ccccc3F)cc2)C1=O. The van der Waals surface area contributed by atoms with Gasteiger partial charge in [-0.1, -0.05) is 19.1 Å². The topological polar surface area (TPSA) is 101 Å². The second-order valence-corrected chi connectivity index (χ2v) is 9.41. The largest absolute Gasteiger partial charge is 0.277 e. The zero-order valence-corrected chi connectivity index (χ0v) is 15.2. The molecule has 1 aliphatic rings. The zero-order valence-electron chi connectivity index (χ0n) is 13.6. The van der Waals surface area contributed by atoms with Gasteiger partial charge in [0.2, 0.25) is 15.9 Å². The molecule has 0 bridgehead atoms. The van der Waals surface area contributed by atoms with Gasteiger partial charge in [-0.15, -0.1) is 0 Å². The summed E-state index contributed by atoms with van der Waals surface area (Å²) in [6, 6.07) is 10.1. The van der Waals surface area contributed by atoms with Gasteiger partial charge in [-0.05, 0) is 36.4 Å². The standard InChI is InChI=1S/C16H15FN2O5S2/c1-11-10-25(21,22)19(16(11)20)12-6-8-13(9-7-12)26(23,24)18-15-5-3-2-4-14(15)17/h2-9,11,18H,10H2,1H3/t11-/m0/s1. The maximum Gasteiger partial charge on any atom is 0.261 e. The Morgan fingerprint density at radius 3 is 2.27 bits per heavy atom. The number of carbonyl (C=O) groups is 1. The van der Waals surface area contributed by atoms with Gasteiger partial charge in [-0.3, -0.25) is 9.52 Å². The lowest BCUT2D eigenvalue weighted by atomic mass is 10.2. The van der Waals surface area contributed by atoms with Crippen LogP contribution in [0.1, 0.15) is 6.92 Å². The molecule has 0 saturated carbocycles. The molecule has 0 spiro atoms. The number of rotatable bonds is 4. The molecule has 7 nitrogen and oxygen atoms in total. The van der Waals surface area contributed by atoms with Crippen molar-refractivity contribution < 1.29 is 26.0 Å². The van der Waals surface area contributed by atoms with Crippen LogP contribution >= 0.6 is 0 Å². The van der Waals surface area contributed by atoms with Crippen molar-refractivity contribution in [1.82, 2.24) is 0 Å². The van der Waals surface area contributed by atoms with Gasteiger partial charge in [-0.2, -0.15) is 0 Å². The van der Waals surface area contributed by atoms with Crippen LogP contribution in [0.2, 0.25) is 0 Å². The molecule has 138 valence electrons. The lowest BCUT2D eigenvalue weighted by Crippen LogP contribution is -2.30. The van der Waals surface area contributed by atoms with Gasteiger partial charge in [-0.25, -0.2) is 25.5 Å². The van der Waals surface area contributed by atoms with Crippen molar-refractivity contribution in [3.05, 3.63) is 54.3 Å². The molecule has 1 fully saturated rings.